The molecule has 11 heteroatoms. The minimum absolute atomic E-state index is 0.0636. The van der Waals surface area contributed by atoms with Crippen LogP contribution in [0.2, 0.25) is 0 Å². The minimum atomic E-state index is -0.708. The van der Waals surface area contributed by atoms with E-state index in [1.165, 1.54) is 18.3 Å². The second-order valence-corrected chi connectivity index (χ2v) is 9.44. The molecule has 0 spiro atoms. The van der Waals surface area contributed by atoms with Crippen molar-refractivity contribution in [2.75, 3.05) is 13.7 Å². The molecule has 0 unspecified atom stereocenters. The van der Waals surface area contributed by atoms with E-state index in [4.69, 9.17) is 4.74 Å². The van der Waals surface area contributed by atoms with Crippen molar-refractivity contribution in [3.8, 4) is 16.3 Å². The topological polar surface area (TPSA) is 97.5 Å². The average molecular weight is 491 g/mol. The zero-order chi connectivity index (χ0) is 24.6. The Bertz CT molecular complexity index is 1290. The third-order valence-corrected chi connectivity index (χ3v) is 6.75. The summed E-state index contributed by atoms with van der Waals surface area (Å²) in [6.07, 6.45) is 2.14. The fourth-order valence-electron chi connectivity index (χ4n) is 4.18. The van der Waals surface area contributed by atoms with Crippen molar-refractivity contribution in [3.63, 3.8) is 0 Å². The number of ether oxygens (including phenoxy) is 1. The van der Waals surface area contributed by atoms with Crippen LogP contribution in [0.4, 0.5) is 8.78 Å². The smallest absolute Gasteiger partial charge is 0.275 e. The molecule has 0 fully saturated rings. The number of nitrogens with zero attached hydrogens (tertiary/aromatic N) is 4. The van der Waals surface area contributed by atoms with Gasteiger partial charge in [-0.3, -0.25) is 9.59 Å². The van der Waals surface area contributed by atoms with Gasteiger partial charge in [-0.15, -0.1) is 10.2 Å². The Hall–Kier alpha value is -3.18. The highest BCUT2D eigenvalue weighted by Crippen LogP contribution is 2.29. The van der Waals surface area contributed by atoms with Crippen molar-refractivity contribution >= 4 is 17.2 Å². The molecule has 0 saturated carbocycles. The maximum Gasteiger partial charge on any atom is 0.275 e. The number of benzene rings is 1. The number of amides is 1. The lowest BCUT2D eigenvalue weighted by atomic mass is 10.1. The van der Waals surface area contributed by atoms with Crippen LogP contribution >= 0.6 is 11.3 Å². The summed E-state index contributed by atoms with van der Waals surface area (Å²) in [4.78, 5) is 27.6. The average Bonchev–Trinajstić information content (AvgIpc) is 3.24. The van der Waals surface area contributed by atoms with Gasteiger partial charge in [-0.05, 0) is 31.9 Å². The molecule has 0 bridgehead atoms. The number of methoxy groups -OCH3 is 1. The van der Waals surface area contributed by atoms with E-state index in [9.17, 15) is 23.5 Å². The Balaban J connectivity index is 1.64. The van der Waals surface area contributed by atoms with E-state index < -0.39 is 28.7 Å². The van der Waals surface area contributed by atoms with E-state index in [2.05, 4.69) is 10.2 Å². The number of fused-ring (bicyclic) bond motifs is 1. The van der Waals surface area contributed by atoms with E-state index >= 15 is 0 Å². The van der Waals surface area contributed by atoms with Crippen LogP contribution in [0.25, 0.3) is 10.6 Å². The summed E-state index contributed by atoms with van der Waals surface area (Å²) in [5.74, 6) is -2.35. The highest BCUT2D eigenvalue weighted by molar-refractivity contribution is 7.14. The highest BCUT2D eigenvalue weighted by Gasteiger charge is 2.37. The monoisotopic (exact) mass is 490 g/mol. The minimum Gasteiger partial charge on any atom is -0.503 e. The molecule has 1 aliphatic rings. The first-order valence-corrected chi connectivity index (χ1v) is 11.6. The van der Waals surface area contributed by atoms with E-state index in [0.717, 1.165) is 17.4 Å². The molecule has 2 aromatic heterocycles. The molecular formula is C23H24F2N4O4S. The second kappa shape index (κ2) is 9.59. The van der Waals surface area contributed by atoms with Gasteiger partial charge in [-0.1, -0.05) is 17.4 Å². The second-order valence-electron chi connectivity index (χ2n) is 8.37. The van der Waals surface area contributed by atoms with Gasteiger partial charge in [-0.2, -0.15) is 0 Å². The van der Waals surface area contributed by atoms with Crippen molar-refractivity contribution in [2.24, 2.45) is 0 Å². The third-order valence-electron chi connectivity index (χ3n) is 5.73. The standard InChI is InChI=1S/C23H24F2N4O4S/c1-12(2)29-15(11-33-3)9-28-10-16(20(30)21(31)19(28)23(29)32)22-27-26-18(34-22)7-5-13-4-6-14(24)8-17(13)25/h4,6,8,10,12,15,31H,5,7,9,11H2,1-3H3/t15-/m0/s1. The number of carbonyl (C=O) groups excluding carboxylic acids is 1. The molecule has 8 nitrogen and oxygen atoms in total. The van der Waals surface area contributed by atoms with Crippen molar-refractivity contribution < 1.29 is 23.4 Å². The molecule has 3 heterocycles. The van der Waals surface area contributed by atoms with Gasteiger partial charge < -0.3 is 19.3 Å². The summed E-state index contributed by atoms with van der Waals surface area (Å²) in [6, 6.07) is 2.99. The van der Waals surface area contributed by atoms with E-state index in [0.29, 0.717) is 30.1 Å². The Morgan fingerprint density at radius 1 is 1.24 bits per heavy atom. The van der Waals surface area contributed by atoms with E-state index in [-0.39, 0.29) is 34.8 Å². The molecule has 1 amide bonds. The Kier molecular flexibility index (Phi) is 6.76. The van der Waals surface area contributed by atoms with Crippen molar-refractivity contribution in [3.05, 3.63) is 62.5 Å². The van der Waals surface area contributed by atoms with Gasteiger partial charge in [0.1, 0.15) is 16.6 Å². The zero-order valence-electron chi connectivity index (χ0n) is 18.9. The van der Waals surface area contributed by atoms with Gasteiger partial charge in [0, 0.05) is 38.4 Å². The number of aromatic nitrogens is 3. The van der Waals surface area contributed by atoms with Crippen molar-refractivity contribution in [1.82, 2.24) is 19.7 Å². The van der Waals surface area contributed by atoms with E-state index in [1.54, 1.807) is 16.6 Å². The van der Waals surface area contributed by atoms with Crippen LogP contribution in [-0.2, 0) is 24.1 Å². The number of hydrogen-bond acceptors (Lipinski definition) is 7. The fraction of sp³-hybridized carbons (Fsp3) is 0.391. The lowest BCUT2D eigenvalue weighted by Crippen LogP contribution is -2.53. The summed E-state index contributed by atoms with van der Waals surface area (Å²) in [6.45, 7) is 4.36. The number of rotatable bonds is 7. The van der Waals surface area contributed by atoms with Crippen LogP contribution in [0.3, 0.4) is 0 Å². The summed E-state index contributed by atoms with van der Waals surface area (Å²) in [5, 5.41) is 19.6. The molecule has 180 valence electrons. The predicted octanol–water partition coefficient (Wildman–Crippen LogP) is 3.02. The fourth-order valence-corrected chi connectivity index (χ4v) is 5.03. The van der Waals surface area contributed by atoms with Crippen molar-refractivity contribution in [1.29, 1.82) is 0 Å². The molecule has 0 aliphatic carbocycles. The van der Waals surface area contributed by atoms with Crippen LogP contribution in [0.5, 0.6) is 5.75 Å². The number of aromatic hydroxyl groups is 1. The molecule has 4 rings (SSSR count). The zero-order valence-corrected chi connectivity index (χ0v) is 19.7. The van der Waals surface area contributed by atoms with E-state index in [1.807, 2.05) is 13.8 Å². The highest BCUT2D eigenvalue weighted by atomic mass is 32.1. The number of pyridine rings is 1. The Morgan fingerprint density at radius 3 is 2.68 bits per heavy atom. The molecule has 0 radical (unpaired) electrons. The lowest BCUT2D eigenvalue weighted by Gasteiger charge is -2.40. The third kappa shape index (κ3) is 4.45. The maximum absolute atomic E-state index is 13.9. The molecule has 1 N–H and O–H groups in total. The van der Waals surface area contributed by atoms with Gasteiger partial charge >= 0.3 is 0 Å². The molecule has 1 aliphatic heterocycles. The summed E-state index contributed by atoms with van der Waals surface area (Å²) in [5.41, 5.74) is -0.297. The van der Waals surface area contributed by atoms with Gasteiger partial charge in [0.05, 0.1) is 18.2 Å². The van der Waals surface area contributed by atoms with Crippen LogP contribution in [0, 0.1) is 11.6 Å². The summed E-state index contributed by atoms with van der Waals surface area (Å²) < 4.78 is 33.8. The van der Waals surface area contributed by atoms with Gasteiger partial charge in [0.15, 0.2) is 16.5 Å². The van der Waals surface area contributed by atoms with Gasteiger partial charge in [0.2, 0.25) is 5.43 Å². The van der Waals surface area contributed by atoms with Gasteiger partial charge in [-0.25, -0.2) is 8.78 Å². The number of aryl methyl sites for hydroxylation is 2. The first-order valence-electron chi connectivity index (χ1n) is 10.8. The van der Waals surface area contributed by atoms with Crippen LogP contribution < -0.4 is 5.43 Å². The molecule has 34 heavy (non-hydrogen) atoms. The molecular weight excluding hydrogens is 466 g/mol. The van der Waals surface area contributed by atoms with Gasteiger partial charge in [0.25, 0.3) is 5.91 Å². The summed E-state index contributed by atoms with van der Waals surface area (Å²) >= 11 is 1.14. The molecule has 3 aromatic rings. The van der Waals surface area contributed by atoms with Crippen molar-refractivity contribution in [2.45, 2.75) is 45.3 Å². The van der Waals surface area contributed by atoms with Crippen LogP contribution in [0.15, 0.2) is 29.2 Å². The molecule has 1 aromatic carbocycles. The normalized spacial score (nSPS) is 15.8. The van der Waals surface area contributed by atoms with Crippen LogP contribution in [-0.4, -0.2) is 56.5 Å². The predicted molar refractivity (Wildman–Crippen MR) is 122 cm³/mol. The number of hydrogen-bond donors (Lipinski definition) is 1. The first-order chi connectivity index (χ1) is 16.2. The SMILES string of the molecule is COC[C@@H]1Cn2cc(-c3nnc(CCc4ccc(F)cc4F)s3)c(=O)c(O)c2C(=O)N1C(C)C. The molecule has 0 saturated heterocycles. The van der Waals surface area contributed by atoms with Crippen LogP contribution in [0.1, 0.15) is 34.9 Å². The number of halogens is 2. The maximum atomic E-state index is 13.9. The number of carbonyl (C=O) groups is 1. The molecule has 1 atom stereocenters. The quantitative estimate of drug-likeness (QED) is 0.547. The first kappa shape index (κ1) is 24.0. The summed E-state index contributed by atoms with van der Waals surface area (Å²) in [7, 11) is 1.55. The Labute approximate surface area is 198 Å². The largest absolute Gasteiger partial charge is 0.503 e. The lowest BCUT2D eigenvalue weighted by molar-refractivity contribution is 0.0307. The Morgan fingerprint density at radius 2 is 2.00 bits per heavy atom.